The van der Waals surface area contributed by atoms with Crippen LogP contribution < -0.4 is 0 Å². The molecule has 0 N–H and O–H groups in total. The largest absolute Gasteiger partial charge is 0.469 e. The van der Waals surface area contributed by atoms with Crippen molar-refractivity contribution in [2.75, 3.05) is 7.11 Å². The summed E-state index contributed by atoms with van der Waals surface area (Å²) in [7, 11) is 1.21. The van der Waals surface area contributed by atoms with E-state index in [0.29, 0.717) is 0 Å². The number of benzene rings is 1. The van der Waals surface area contributed by atoms with Gasteiger partial charge in [-0.2, -0.15) is 4.99 Å². The van der Waals surface area contributed by atoms with Crippen molar-refractivity contribution < 1.29 is 18.7 Å². The first-order chi connectivity index (χ1) is 7.69. The first-order valence-electron chi connectivity index (χ1n) is 4.57. The molecule has 0 aliphatic carbocycles. The highest BCUT2D eigenvalue weighted by Crippen LogP contribution is 2.23. The highest BCUT2D eigenvalue weighted by atomic mass is 19.1. The average molecular weight is 223 g/mol. The van der Waals surface area contributed by atoms with Crippen LogP contribution in [0.15, 0.2) is 29.3 Å². The summed E-state index contributed by atoms with van der Waals surface area (Å²) >= 11 is 0. The molecular formula is C11H10FNO3. The third-order valence-corrected chi connectivity index (χ3v) is 2.06. The molecule has 1 aromatic carbocycles. The second kappa shape index (κ2) is 5.78. The number of carbonyl (C=O) groups excluding carboxylic acids is 2. The van der Waals surface area contributed by atoms with E-state index >= 15 is 0 Å². The molecule has 84 valence electrons. The summed E-state index contributed by atoms with van der Waals surface area (Å²) in [5.41, 5.74) is 0.177. The fourth-order valence-corrected chi connectivity index (χ4v) is 1.28. The fraction of sp³-hybridized carbons (Fsp3) is 0.273. The van der Waals surface area contributed by atoms with Gasteiger partial charge in [0.15, 0.2) is 0 Å². The third-order valence-electron chi connectivity index (χ3n) is 2.06. The maximum Gasteiger partial charge on any atom is 0.308 e. The first-order valence-corrected chi connectivity index (χ1v) is 4.57. The van der Waals surface area contributed by atoms with Crippen molar-refractivity contribution in [3.8, 4) is 0 Å². The quantitative estimate of drug-likeness (QED) is 0.444. The lowest BCUT2D eigenvalue weighted by Crippen LogP contribution is -2.08. The molecule has 16 heavy (non-hydrogen) atoms. The number of rotatable bonds is 4. The van der Waals surface area contributed by atoms with Crippen molar-refractivity contribution in [2.24, 2.45) is 4.99 Å². The van der Waals surface area contributed by atoms with Crippen molar-refractivity contribution >= 4 is 12.0 Å². The fourth-order valence-electron chi connectivity index (χ4n) is 1.28. The zero-order valence-electron chi connectivity index (χ0n) is 8.64. The summed E-state index contributed by atoms with van der Waals surface area (Å²) in [5, 5.41) is 0. The van der Waals surface area contributed by atoms with E-state index in [-0.39, 0.29) is 12.0 Å². The number of methoxy groups -OCH3 is 1. The lowest BCUT2D eigenvalue weighted by atomic mass is 10.0. The van der Waals surface area contributed by atoms with E-state index < -0.39 is 17.8 Å². The molecule has 0 fully saturated rings. The van der Waals surface area contributed by atoms with E-state index in [2.05, 4.69) is 9.73 Å². The average Bonchev–Trinajstić information content (AvgIpc) is 2.29. The summed E-state index contributed by atoms with van der Waals surface area (Å²) in [6.45, 7) is 0. The molecule has 0 aromatic heterocycles. The third kappa shape index (κ3) is 3.00. The number of hydrogen-bond donors (Lipinski definition) is 0. The Bertz CT molecular complexity index is 427. The molecule has 0 aliphatic rings. The van der Waals surface area contributed by atoms with E-state index in [9.17, 15) is 14.0 Å². The predicted molar refractivity (Wildman–Crippen MR) is 53.9 cm³/mol. The van der Waals surface area contributed by atoms with Gasteiger partial charge in [0.2, 0.25) is 6.08 Å². The number of aliphatic imine (C=N–C) groups is 1. The lowest BCUT2D eigenvalue weighted by Gasteiger charge is -2.10. The molecule has 0 spiro atoms. The Morgan fingerprint density at radius 2 is 2.25 bits per heavy atom. The van der Waals surface area contributed by atoms with Gasteiger partial charge in [-0.15, -0.1) is 0 Å². The van der Waals surface area contributed by atoms with Crippen molar-refractivity contribution in [3.63, 3.8) is 0 Å². The Morgan fingerprint density at radius 3 is 2.81 bits per heavy atom. The second-order valence-corrected chi connectivity index (χ2v) is 3.04. The van der Waals surface area contributed by atoms with Crippen LogP contribution in [0.25, 0.3) is 0 Å². The second-order valence-electron chi connectivity index (χ2n) is 3.04. The normalized spacial score (nSPS) is 11.4. The molecule has 0 saturated carbocycles. The smallest absolute Gasteiger partial charge is 0.308 e. The molecular weight excluding hydrogens is 213 g/mol. The SMILES string of the molecule is COC(=O)C[C@H](N=C=O)c1ccccc1F. The molecule has 0 radical (unpaired) electrons. The van der Waals surface area contributed by atoms with Gasteiger partial charge < -0.3 is 4.74 Å². The van der Waals surface area contributed by atoms with Crippen LogP contribution in [0.4, 0.5) is 4.39 Å². The molecule has 0 amide bonds. The van der Waals surface area contributed by atoms with Gasteiger partial charge in [0.05, 0.1) is 13.5 Å². The predicted octanol–water partition coefficient (Wildman–Crippen LogP) is 1.77. The van der Waals surface area contributed by atoms with E-state index in [0.717, 1.165) is 0 Å². The Hall–Kier alpha value is -2.00. The van der Waals surface area contributed by atoms with E-state index in [1.165, 1.54) is 31.4 Å². The van der Waals surface area contributed by atoms with Crippen molar-refractivity contribution in [1.29, 1.82) is 0 Å². The summed E-state index contributed by atoms with van der Waals surface area (Å²) in [5.74, 6) is -1.08. The number of halogens is 1. The van der Waals surface area contributed by atoms with Crippen LogP contribution in [-0.2, 0) is 14.3 Å². The topological polar surface area (TPSA) is 55.7 Å². The highest BCUT2D eigenvalue weighted by molar-refractivity contribution is 5.70. The highest BCUT2D eigenvalue weighted by Gasteiger charge is 2.18. The van der Waals surface area contributed by atoms with Crippen LogP contribution in [0.2, 0.25) is 0 Å². The van der Waals surface area contributed by atoms with Gasteiger partial charge in [0, 0.05) is 5.56 Å². The van der Waals surface area contributed by atoms with E-state index in [1.54, 1.807) is 6.07 Å². The number of isocyanates is 1. The summed E-state index contributed by atoms with van der Waals surface area (Å²) in [6.07, 6.45) is 1.14. The molecule has 0 aliphatic heterocycles. The Labute approximate surface area is 91.8 Å². The minimum Gasteiger partial charge on any atom is -0.469 e. The monoisotopic (exact) mass is 223 g/mol. The number of nitrogens with zero attached hydrogens (tertiary/aromatic N) is 1. The van der Waals surface area contributed by atoms with Gasteiger partial charge >= 0.3 is 5.97 Å². The van der Waals surface area contributed by atoms with Gasteiger partial charge in [-0.3, -0.25) is 4.79 Å². The van der Waals surface area contributed by atoms with Gasteiger partial charge in [-0.1, -0.05) is 18.2 Å². The number of carbonyl (C=O) groups is 1. The zero-order chi connectivity index (χ0) is 12.0. The molecule has 5 heteroatoms. The van der Waals surface area contributed by atoms with Gasteiger partial charge in [-0.25, -0.2) is 9.18 Å². The van der Waals surface area contributed by atoms with Crippen LogP contribution in [0.1, 0.15) is 18.0 Å². The van der Waals surface area contributed by atoms with Crippen LogP contribution in [0, 0.1) is 5.82 Å². The number of hydrogen-bond acceptors (Lipinski definition) is 4. The van der Waals surface area contributed by atoms with Crippen molar-refractivity contribution in [1.82, 2.24) is 0 Å². The van der Waals surface area contributed by atoms with Crippen LogP contribution >= 0.6 is 0 Å². The maximum atomic E-state index is 13.4. The Balaban J connectivity index is 2.98. The standard InChI is InChI=1S/C11H10FNO3/c1-16-11(15)6-10(13-7-14)8-4-2-3-5-9(8)12/h2-5,10H,6H2,1H3/t10-/m0/s1. The molecule has 0 unspecified atom stereocenters. The zero-order valence-corrected chi connectivity index (χ0v) is 8.64. The molecule has 0 saturated heterocycles. The maximum absolute atomic E-state index is 13.4. The Morgan fingerprint density at radius 1 is 1.56 bits per heavy atom. The van der Waals surface area contributed by atoms with Crippen molar-refractivity contribution in [2.45, 2.75) is 12.5 Å². The molecule has 1 aromatic rings. The lowest BCUT2D eigenvalue weighted by molar-refractivity contribution is -0.141. The number of esters is 1. The van der Waals surface area contributed by atoms with Gasteiger partial charge in [0.1, 0.15) is 11.9 Å². The van der Waals surface area contributed by atoms with Crippen LogP contribution in [0.5, 0.6) is 0 Å². The number of ether oxygens (including phenoxy) is 1. The Kier molecular flexibility index (Phi) is 4.36. The minimum atomic E-state index is -0.883. The molecule has 0 bridgehead atoms. The molecule has 1 atom stereocenters. The minimum absolute atomic E-state index is 0.177. The summed E-state index contributed by atoms with van der Waals surface area (Å²) < 4.78 is 17.8. The van der Waals surface area contributed by atoms with Crippen LogP contribution in [0.3, 0.4) is 0 Å². The van der Waals surface area contributed by atoms with Gasteiger partial charge in [0.25, 0.3) is 0 Å². The molecule has 4 nitrogen and oxygen atoms in total. The van der Waals surface area contributed by atoms with E-state index in [1.807, 2.05) is 0 Å². The molecule has 0 heterocycles. The van der Waals surface area contributed by atoms with Crippen LogP contribution in [-0.4, -0.2) is 19.2 Å². The summed E-state index contributed by atoms with van der Waals surface area (Å²) in [4.78, 5) is 24.6. The van der Waals surface area contributed by atoms with E-state index in [4.69, 9.17) is 0 Å². The first kappa shape index (κ1) is 12.1. The summed E-state index contributed by atoms with van der Waals surface area (Å²) in [6, 6.07) is 4.93. The molecule has 1 rings (SSSR count). The van der Waals surface area contributed by atoms with Gasteiger partial charge in [-0.05, 0) is 6.07 Å². The van der Waals surface area contributed by atoms with Crippen molar-refractivity contribution in [3.05, 3.63) is 35.6 Å².